The summed E-state index contributed by atoms with van der Waals surface area (Å²) in [5, 5.41) is 23.3. The van der Waals surface area contributed by atoms with Gasteiger partial charge in [-0.25, -0.2) is 0 Å². The smallest absolute Gasteiger partial charge is 0.305 e. The summed E-state index contributed by atoms with van der Waals surface area (Å²) in [5.41, 5.74) is 0. The summed E-state index contributed by atoms with van der Waals surface area (Å²) in [6, 6.07) is -0.542. The Kier molecular flexibility index (Phi) is 60.9. The van der Waals surface area contributed by atoms with E-state index in [0.717, 1.165) is 44.9 Å². The normalized spacial score (nSPS) is 12.6. The van der Waals surface area contributed by atoms with Crippen LogP contribution in [0.1, 0.15) is 373 Å². The topological polar surface area (TPSA) is 95.9 Å². The molecule has 0 aliphatic rings. The van der Waals surface area contributed by atoms with Gasteiger partial charge in [-0.1, -0.05) is 321 Å². The van der Waals surface area contributed by atoms with Crippen LogP contribution in [-0.4, -0.2) is 47.4 Å². The first-order valence-corrected chi connectivity index (χ1v) is 32.9. The zero-order valence-corrected chi connectivity index (χ0v) is 48.9. The molecule has 0 aromatic heterocycles. The minimum absolute atomic E-state index is 0.00972. The lowest BCUT2D eigenvalue weighted by molar-refractivity contribution is -0.143. The summed E-state index contributed by atoms with van der Waals surface area (Å²) in [7, 11) is 0. The predicted molar refractivity (Wildman–Crippen MR) is 315 cm³/mol. The predicted octanol–water partition coefficient (Wildman–Crippen LogP) is 20.8. The van der Waals surface area contributed by atoms with Crippen LogP contribution in [0.5, 0.6) is 0 Å². The number of amides is 1. The standard InChI is InChI=1S/C66H129NO5/c1-3-5-7-9-11-13-15-17-19-26-30-34-38-42-46-50-54-58-64(69)63(62-68)67-65(70)59-55-51-47-43-39-35-31-28-24-22-21-23-25-29-33-37-41-45-49-53-57-61-72-66(71)60-56-52-48-44-40-36-32-27-20-18-16-14-12-10-8-6-4-2/h18,20,63-64,68-69H,3-17,19,21-62H2,1-2H3,(H,67,70)/b20-18-. The van der Waals surface area contributed by atoms with Crippen molar-refractivity contribution in [3.05, 3.63) is 12.2 Å². The molecule has 0 bridgehead atoms. The SMILES string of the molecule is CCCCCCCC/C=C\CCCCCCCCCC(=O)OCCCCCCCCCCCCCCCCCCCCCCCC(=O)NC(CO)C(O)CCCCCCCCCCCCCCCCCCC. The molecule has 0 spiro atoms. The number of rotatable bonds is 62. The first-order valence-electron chi connectivity index (χ1n) is 32.9. The molecule has 0 radical (unpaired) electrons. The number of allylic oxidation sites excluding steroid dienone is 2. The third-order valence-corrected chi connectivity index (χ3v) is 15.6. The number of carbonyl (C=O) groups is 2. The van der Waals surface area contributed by atoms with E-state index in [9.17, 15) is 19.8 Å². The number of ether oxygens (including phenoxy) is 1. The lowest BCUT2D eigenvalue weighted by atomic mass is 10.0. The zero-order chi connectivity index (χ0) is 52.2. The summed E-state index contributed by atoms with van der Waals surface area (Å²) >= 11 is 0. The van der Waals surface area contributed by atoms with Gasteiger partial charge in [0.1, 0.15) is 0 Å². The van der Waals surface area contributed by atoms with Gasteiger partial charge in [0.2, 0.25) is 5.91 Å². The fraction of sp³-hybridized carbons (Fsp3) is 0.939. The Hall–Kier alpha value is -1.40. The molecule has 0 heterocycles. The fourth-order valence-electron chi connectivity index (χ4n) is 10.5. The molecule has 6 nitrogen and oxygen atoms in total. The fourth-order valence-corrected chi connectivity index (χ4v) is 10.5. The van der Waals surface area contributed by atoms with E-state index >= 15 is 0 Å². The monoisotopic (exact) mass is 1020 g/mol. The van der Waals surface area contributed by atoms with E-state index < -0.39 is 12.1 Å². The highest BCUT2D eigenvalue weighted by atomic mass is 16.5. The molecule has 2 atom stereocenters. The van der Waals surface area contributed by atoms with Gasteiger partial charge in [-0.2, -0.15) is 0 Å². The molecule has 3 N–H and O–H groups in total. The van der Waals surface area contributed by atoms with Crippen LogP contribution in [-0.2, 0) is 14.3 Å². The maximum absolute atomic E-state index is 12.5. The summed E-state index contributed by atoms with van der Waals surface area (Å²) in [6.45, 7) is 4.98. The van der Waals surface area contributed by atoms with Crippen molar-refractivity contribution in [2.75, 3.05) is 13.2 Å². The first kappa shape index (κ1) is 70.6. The van der Waals surface area contributed by atoms with Gasteiger partial charge in [-0.3, -0.25) is 9.59 Å². The molecule has 428 valence electrons. The summed E-state index contributed by atoms with van der Waals surface area (Å²) in [4.78, 5) is 24.6. The average molecular weight is 1020 g/mol. The van der Waals surface area contributed by atoms with Gasteiger partial charge in [0.15, 0.2) is 0 Å². The number of unbranched alkanes of at least 4 members (excludes halogenated alkanes) is 49. The van der Waals surface area contributed by atoms with Crippen LogP contribution in [0.15, 0.2) is 12.2 Å². The van der Waals surface area contributed by atoms with Crippen LogP contribution in [0.3, 0.4) is 0 Å². The van der Waals surface area contributed by atoms with Crippen molar-refractivity contribution >= 4 is 11.9 Å². The van der Waals surface area contributed by atoms with E-state index in [1.807, 2.05) is 0 Å². The van der Waals surface area contributed by atoms with Gasteiger partial charge < -0.3 is 20.3 Å². The van der Waals surface area contributed by atoms with Crippen molar-refractivity contribution < 1.29 is 24.5 Å². The molecule has 6 heteroatoms. The van der Waals surface area contributed by atoms with Crippen LogP contribution < -0.4 is 5.32 Å². The quantitative estimate of drug-likeness (QED) is 0.0320. The maximum Gasteiger partial charge on any atom is 0.305 e. The van der Waals surface area contributed by atoms with Gasteiger partial charge in [0, 0.05) is 12.8 Å². The Morgan fingerprint density at radius 2 is 0.653 bits per heavy atom. The van der Waals surface area contributed by atoms with Crippen molar-refractivity contribution in [3.8, 4) is 0 Å². The number of hydrogen-bond acceptors (Lipinski definition) is 5. The second kappa shape index (κ2) is 62.1. The third kappa shape index (κ3) is 57.9. The third-order valence-electron chi connectivity index (χ3n) is 15.6. The van der Waals surface area contributed by atoms with Crippen LogP contribution in [0.2, 0.25) is 0 Å². The summed E-state index contributed by atoms with van der Waals surface area (Å²) < 4.78 is 5.50. The molecule has 0 rings (SSSR count). The Morgan fingerprint density at radius 1 is 0.375 bits per heavy atom. The number of esters is 1. The van der Waals surface area contributed by atoms with E-state index in [4.69, 9.17) is 4.74 Å². The molecular formula is C66H129NO5. The van der Waals surface area contributed by atoms with Crippen LogP contribution >= 0.6 is 0 Å². The van der Waals surface area contributed by atoms with Crippen molar-refractivity contribution in [1.29, 1.82) is 0 Å². The molecule has 1 amide bonds. The number of nitrogens with one attached hydrogen (secondary N) is 1. The minimum Gasteiger partial charge on any atom is -0.466 e. The van der Waals surface area contributed by atoms with Crippen LogP contribution in [0.25, 0.3) is 0 Å². The van der Waals surface area contributed by atoms with Crippen molar-refractivity contribution in [1.82, 2.24) is 5.32 Å². The molecule has 0 aromatic rings. The molecule has 72 heavy (non-hydrogen) atoms. The lowest BCUT2D eigenvalue weighted by Crippen LogP contribution is -2.45. The van der Waals surface area contributed by atoms with Gasteiger partial charge in [0.25, 0.3) is 0 Å². The highest BCUT2D eigenvalue weighted by Crippen LogP contribution is 2.19. The van der Waals surface area contributed by atoms with Gasteiger partial charge in [-0.15, -0.1) is 0 Å². The molecule has 0 aliphatic heterocycles. The summed E-state index contributed by atoms with van der Waals surface area (Å²) in [6.07, 6.45) is 75.1. The number of carbonyl (C=O) groups excluding carboxylic acids is 2. The van der Waals surface area contributed by atoms with E-state index in [0.29, 0.717) is 25.9 Å². The molecule has 0 saturated heterocycles. The highest BCUT2D eigenvalue weighted by molar-refractivity contribution is 5.76. The molecule has 0 fully saturated rings. The second-order valence-electron chi connectivity index (χ2n) is 22.8. The van der Waals surface area contributed by atoms with Crippen LogP contribution in [0.4, 0.5) is 0 Å². The highest BCUT2D eigenvalue weighted by Gasteiger charge is 2.20. The number of aliphatic hydroxyl groups is 2. The molecule has 0 aliphatic carbocycles. The molecular weight excluding hydrogens is 887 g/mol. The van der Waals surface area contributed by atoms with E-state index in [-0.39, 0.29) is 18.5 Å². The van der Waals surface area contributed by atoms with Gasteiger partial charge >= 0.3 is 5.97 Å². The summed E-state index contributed by atoms with van der Waals surface area (Å²) in [5.74, 6) is -0.0227. The Bertz CT molecular complexity index is 1080. The van der Waals surface area contributed by atoms with E-state index in [1.165, 1.54) is 295 Å². The molecule has 0 aromatic carbocycles. The van der Waals surface area contributed by atoms with Gasteiger partial charge in [0.05, 0.1) is 25.4 Å². The van der Waals surface area contributed by atoms with Crippen molar-refractivity contribution in [2.45, 2.75) is 386 Å². The number of hydrogen-bond donors (Lipinski definition) is 3. The largest absolute Gasteiger partial charge is 0.466 e. The average Bonchev–Trinajstić information content (AvgIpc) is 3.38. The van der Waals surface area contributed by atoms with Gasteiger partial charge in [-0.05, 0) is 51.4 Å². The Labute approximate surface area is 450 Å². The Balaban J connectivity index is 3.37. The van der Waals surface area contributed by atoms with Crippen molar-refractivity contribution in [3.63, 3.8) is 0 Å². The first-order chi connectivity index (χ1) is 35.5. The van der Waals surface area contributed by atoms with E-state index in [2.05, 4.69) is 31.3 Å². The zero-order valence-electron chi connectivity index (χ0n) is 48.9. The van der Waals surface area contributed by atoms with Crippen LogP contribution in [0, 0.1) is 0 Å². The van der Waals surface area contributed by atoms with Crippen molar-refractivity contribution in [2.24, 2.45) is 0 Å². The minimum atomic E-state index is -0.665. The Morgan fingerprint density at radius 3 is 0.986 bits per heavy atom. The molecule has 2 unspecified atom stereocenters. The lowest BCUT2D eigenvalue weighted by Gasteiger charge is -2.22. The second-order valence-corrected chi connectivity index (χ2v) is 22.8. The number of aliphatic hydroxyl groups excluding tert-OH is 2. The maximum atomic E-state index is 12.5. The molecule has 0 saturated carbocycles. The van der Waals surface area contributed by atoms with E-state index in [1.54, 1.807) is 0 Å².